The van der Waals surface area contributed by atoms with E-state index in [1.54, 1.807) is 43.1 Å². The molecule has 2 N–H and O–H groups in total. The molecule has 0 aromatic heterocycles. The first-order valence-electron chi connectivity index (χ1n) is 6.39. The number of thioether (sulfide) groups is 1. The molecule has 2 amide bonds. The monoisotopic (exact) mass is 312 g/mol. The SMILES string of the molecule is COC(=O)[C@@H](CCSC)NC(=O)Nc1cccc(OC)c1. The molecule has 116 valence electrons. The van der Waals surface area contributed by atoms with Crippen molar-refractivity contribution in [2.75, 3.05) is 31.5 Å². The molecule has 0 bridgehead atoms. The van der Waals surface area contributed by atoms with Crippen LogP contribution in [-0.4, -0.2) is 44.3 Å². The van der Waals surface area contributed by atoms with Crippen LogP contribution >= 0.6 is 11.8 Å². The van der Waals surface area contributed by atoms with Gasteiger partial charge < -0.3 is 20.1 Å². The van der Waals surface area contributed by atoms with Gasteiger partial charge in [0.2, 0.25) is 0 Å². The van der Waals surface area contributed by atoms with E-state index in [1.165, 1.54) is 7.11 Å². The molecule has 1 aromatic carbocycles. The minimum atomic E-state index is -0.659. The molecular weight excluding hydrogens is 292 g/mol. The van der Waals surface area contributed by atoms with E-state index in [-0.39, 0.29) is 0 Å². The number of amides is 2. The molecule has 0 aliphatic heterocycles. The fourth-order valence-corrected chi connectivity index (χ4v) is 2.12. The highest BCUT2D eigenvalue weighted by Crippen LogP contribution is 2.16. The zero-order valence-electron chi connectivity index (χ0n) is 12.3. The lowest BCUT2D eigenvalue weighted by molar-refractivity contribution is -0.142. The minimum absolute atomic E-state index is 0.454. The second-order valence-electron chi connectivity index (χ2n) is 4.19. The number of urea groups is 1. The van der Waals surface area contributed by atoms with Gasteiger partial charge in [0.1, 0.15) is 11.8 Å². The summed E-state index contributed by atoms with van der Waals surface area (Å²) < 4.78 is 9.76. The number of hydrogen-bond acceptors (Lipinski definition) is 5. The Morgan fingerprint density at radius 1 is 1.33 bits per heavy atom. The molecule has 7 heteroatoms. The molecule has 0 radical (unpaired) electrons. The highest BCUT2D eigenvalue weighted by atomic mass is 32.2. The number of ether oxygens (including phenoxy) is 2. The van der Waals surface area contributed by atoms with Crippen LogP contribution in [0.4, 0.5) is 10.5 Å². The van der Waals surface area contributed by atoms with Crippen LogP contribution in [0.15, 0.2) is 24.3 Å². The Balaban J connectivity index is 2.61. The van der Waals surface area contributed by atoms with Gasteiger partial charge in [-0.3, -0.25) is 0 Å². The van der Waals surface area contributed by atoms with Crippen molar-refractivity contribution in [2.24, 2.45) is 0 Å². The molecule has 0 aliphatic carbocycles. The quantitative estimate of drug-likeness (QED) is 0.754. The highest BCUT2D eigenvalue weighted by Gasteiger charge is 2.20. The maximum atomic E-state index is 11.9. The van der Waals surface area contributed by atoms with Gasteiger partial charge in [-0.1, -0.05) is 6.07 Å². The molecule has 0 unspecified atom stereocenters. The molecule has 1 rings (SSSR count). The molecule has 0 saturated carbocycles. The summed E-state index contributed by atoms with van der Waals surface area (Å²) >= 11 is 1.60. The van der Waals surface area contributed by atoms with Crippen LogP contribution in [0.2, 0.25) is 0 Å². The standard InChI is InChI=1S/C14H20N2O4S/c1-19-11-6-4-5-10(9-11)15-14(18)16-12(7-8-21-3)13(17)20-2/h4-6,9,12H,7-8H2,1-3H3,(H2,15,16,18)/t12-/m1/s1. The Hall–Kier alpha value is -1.89. The highest BCUT2D eigenvalue weighted by molar-refractivity contribution is 7.98. The van der Waals surface area contributed by atoms with Crippen LogP contribution < -0.4 is 15.4 Å². The van der Waals surface area contributed by atoms with Gasteiger partial charge in [-0.25, -0.2) is 9.59 Å². The number of hydrogen-bond donors (Lipinski definition) is 2. The van der Waals surface area contributed by atoms with Gasteiger partial charge in [-0.05, 0) is 30.6 Å². The molecule has 0 fully saturated rings. The molecule has 1 aromatic rings. The van der Waals surface area contributed by atoms with Crippen LogP contribution in [0.3, 0.4) is 0 Å². The van der Waals surface area contributed by atoms with Crippen LogP contribution in [0.1, 0.15) is 6.42 Å². The summed E-state index contributed by atoms with van der Waals surface area (Å²) in [6, 6.07) is 5.85. The Morgan fingerprint density at radius 3 is 2.71 bits per heavy atom. The number of methoxy groups -OCH3 is 2. The lowest BCUT2D eigenvalue weighted by Gasteiger charge is -2.16. The number of carbonyl (C=O) groups excluding carboxylic acids is 2. The second-order valence-corrected chi connectivity index (χ2v) is 5.17. The van der Waals surface area contributed by atoms with Crippen LogP contribution in [-0.2, 0) is 9.53 Å². The Bertz CT molecular complexity index is 482. The summed E-state index contributed by atoms with van der Waals surface area (Å²) in [5, 5.41) is 5.27. The molecule has 0 heterocycles. The van der Waals surface area contributed by atoms with Crippen molar-refractivity contribution < 1.29 is 19.1 Å². The predicted octanol–water partition coefficient (Wildman–Crippen LogP) is 2.11. The molecule has 0 saturated heterocycles. The number of esters is 1. The van der Waals surface area contributed by atoms with E-state index in [0.717, 1.165) is 5.75 Å². The van der Waals surface area contributed by atoms with Gasteiger partial charge in [0.05, 0.1) is 14.2 Å². The summed E-state index contributed by atoms with van der Waals surface area (Å²) in [6.07, 6.45) is 2.45. The van der Waals surface area contributed by atoms with E-state index < -0.39 is 18.0 Å². The van der Waals surface area contributed by atoms with E-state index in [2.05, 4.69) is 15.4 Å². The summed E-state index contributed by atoms with van der Waals surface area (Å²) in [4.78, 5) is 23.5. The summed E-state index contributed by atoms with van der Waals surface area (Å²) in [6.45, 7) is 0. The average Bonchev–Trinajstić information content (AvgIpc) is 2.50. The van der Waals surface area contributed by atoms with Crippen molar-refractivity contribution in [1.29, 1.82) is 0 Å². The number of rotatable bonds is 7. The van der Waals surface area contributed by atoms with E-state index in [9.17, 15) is 9.59 Å². The first kappa shape index (κ1) is 17.2. The normalized spacial score (nSPS) is 11.4. The zero-order valence-corrected chi connectivity index (χ0v) is 13.2. The third-order valence-corrected chi connectivity index (χ3v) is 3.37. The Kier molecular flexibility index (Phi) is 7.45. The molecular formula is C14H20N2O4S. The smallest absolute Gasteiger partial charge is 0.328 e. The van der Waals surface area contributed by atoms with E-state index in [1.807, 2.05) is 6.26 Å². The van der Waals surface area contributed by atoms with Crippen LogP contribution in [0, 0.1) is 0 Å². The maximum Gasteiger partial charge on any atom is 0.328 e. The number of carbonyl (C=O) groups is 2. The second kappa shape index (κ2) is 9.12. The van der Waals surface area contributed by atoms with E-state index in [0.29, 0.717) is 17.9 Å². The molecule has 0 spiro atoms. The largest absolute Gasteiger partial charge is 0.497 e. The third kappa shape index (κ3) is 5.95. The summed E-state index contributed by atoms with van der Waals surface area (Å²) in [5.74, 6) is 0.934. The first-order chi connectivity index (χ1) is 10.1. The fourth-order valence-electron chi connectivity index (χ4n) is 1.65. The molecule has 1 atom stereocenters. The molecule has 21 heavy (non-hydrogen) atoms. The lowest BCUT2D eigenvalue weighted by Crippen LogP contribution is -2.44. The van der Waals surface area contributed by atoms with Gasteiger partial charge >= 0.3 is 12.0 Å². The summed E-state index contributed by atoms with van der Waals surface area (Å²) in [5.41, 5.74) is 0.584. The summed E-state index contributed by atoms with van der Waals surface area (Å²) in [7, 11) is 2.85. The van der Waals surface area contributed by atoms with Gasteiger partial charge in [0, 0.05) is 11.8 Å². The van der Waals surface area contributed by atoms with E-state index in [4.69, 9.17) is 4.74 Å². The van der Waals surface area contributed by atoms with Crippen molar-refractivity contribution in [3.8, 4) is 5.75 Å². The first-order valence-corrected chi connectivity index (χ1v) is 7.78. The van der Waals surface area contributed by atoms with Crippen molar-refractivity contribution >= 4 is 29.4 Å². The molecule has 0 aliphatic rings. The number of benzene rings is 1. The average molecular weight is 312 g/mol. The fraction of sp³-hybridized carbons (Fsp3) is 0.429. The predicted molar refractivity (Wildman–Crippen MR) is 84.0 cm³/mol. The number of anilines is 1. The molecule has 6 nitrogen and oxygen atoms in total. The van der Waals surface area contributed by atoms with Crippen molar-refractivity contribution in [3.05, 3.63) is 24.3 Å². The number of nitrogens with one attached hydrogen (secondary N) is 2. The van der Waals surface area contributed by atoms with Gasteiger partial charge in [0.25, 0.3) is 0 Å². The van der Waals surface area contributed by atoms with Gasteiger partial charge in [-0.2, -0.15) is 11.8 Å². The lowest BCUT2D eigenvalue weighted by atomic mass is 10.2. The minimum Gasteiger partial charge on any atom is -0.497 e. The Labute approximate surface area is 128 Å². The van der Waals surface area contributed by atoms with Gasteiger partial charge in [0.15, 0.2) is 0 Å². The zero-order chi connectivity index (χ0) is 15.7. The Morgan fingerprint density at radius 2 is 2.10 bits per heavy atom. The van der Waals surface area contributed by atoms with Crippen LogP contribution in [0.5, 0.6) is 5.75 Å². The van der Waals surface area contributed by atoms with E-state index >= 15 is 0 Å². The maximum absolute atomic E-state index is 11.9. The third-order valence-electron chi connectivity index (χ3n) is 2.73. The topological polar surface area (TPSA) is 76.7 Å². The van der Waals surface area contributed by atoms with Crippen molar-refractivity contribution in [1.82, 2.24) is 5.32 Å². The van der Waals surface area contributed by atoms with Crippen LogP contribution in [0.25, 0.3) is 0 Å². The van der Waals surface area contributed by atoms with Crippen molar-refractivity contribution in [3.63, 3.8) is 0 Å². The van der Waals surface area contributed by atoms with Gasteiger partial charge in [-0.15, -0.1) is 0 Å². The van der Waals surface area contributed by atoms with Crippen molar-refractivity contribution in [2.45, 2.75) is 12.5 Å².